The van der Waals surface area contributed by atoms with E-state index in [1.54, 1.807) is 12.1 Å². The van der Waals surface area contributed by atoms with E-state index < -0.39 is 11.6 Å². The summed E-state index contributed by atoms with van der Waals surface area (Å²) in [5.74, 6) is -1.08. The molecule has 0 amide bonds. The molecule has 2 aromatic rings. The van der Waals surface area contributed by atoms with Crippen LogP contribution in [0.15, 0.2) is 47.4 Å². The van der Waals surface area contributed by atoms with Crippen LogP contribution in [0.25, 0.3) is 11.1 Å². The third-order valence-electron chi connectivity index (χ3n) is 6.90. The molecule has 0 radical (unpaired) electrons. The molecule has 1 aromatic heterocycles. The van der Waals surface area contributed by atoms with E-state index in [4.69, 9.17) is 0 Å². The largest absolute Gasteiger partial charge is 0.478 e. The van der Waals surface area contributed by atoms with Gasteiger partial charge in [-0.1, -0.05) is 43.2 Å². The number of rotatable bonds is 4. The van der Waals surface area contributed by atoms with Gasteiger partial charge >= 0.3 is 5.97 Å². The Morgan fingerprint density at radius 2 is 1.83 bits per heavy atom. The zero-order chi connectivity index (χ0) is 20.6. The fourth-order valence-corrected chi connectivity index (χ4v) is 5.31. The molecule has 2 N–H and O–H groups in total. The van der Waals surface area contributed by atoms with Crippen molar-refractivity contribution >= 4 is 5.97 Å². The Kier molecular flexibility index (Phi) is 5.09. The van der Waals surface area contributed by atoms with Crippen LogP contribution in [0.2, 0.25) is 0 Å². The third-order valence-corrected chi connectivity index (χ3v) is 6.90. The van der Waals surface area contributed by atoms with Crippen LogP contribution in [-0.4, -0.2) is 51.4 Å². The van der Waals surface area contributed by atoms with Gasteiger partial charge in [0.05, 0.1) is 17.7 Å². The van der Waals surface area contributed by atoms with Gasteiger partial charge in [0.25, 0.3) is 5.56 Å². The molecule has 1 spiro atoms. The highest BCUT2D eigenvalue weighted by Crippen LogP contribution is 2.51. The van der Waals surface area contributed by atoms with Crippen molar-refractivity contribution in [2.75, 3.05) is 20.1 Å². The van der Waals surface area contributed by atoms with Gasteiger partial charge in [-0.3, -0.25) is 4.79 Å². The first kappa shape index (κ1) is 19.9. The highest BCUT2D eigenvalue weighted by molar-refractivity contribution is 5.95. The molecule has 2 fully saturated rings. The third kappa shape index (κ3) is 3.51. The van der Waals surface area contributed by atoms with E-state index >= 15 is 0 Å². The molecule has 4 rings (SSSR count). The molecule has 0 bridgehead atoms. The molecule has 1 saturated carbocycles. The molecule has 2 aliphatic rings. The standard InChI is InChI=1S/C23H28N2O4/c1-24-12-11-23(29,22(15-24)9-5-6-10-22)16-25-14-19(21(27)28)18(13-20(25)26)17-7-3-2-4-8-17/h2-4,7-8,13-14,29H,5-6,9-12,15-16H2,1H3,(H,27,28). The number of nitrogens with zero attached hydrogens (tertiary/aromatic N) is 2. The van der Waals surface area contributed by atoms with Crippen LogP contribution < -0.4 is 5.56 Å². The highest BCUT2D eigenvalue weighted by Gasteiger charge is 2.54. The average Bonchev–Trinajstić information content (AvgIpc) is 3.17. The average molecular weight is 396 g/mol. The fraction of sp³-hybridized carbons (Fsp3) is 0.478. The number of carboxylic acids is 1. The van der Waals surface area contributed by atoms with Gasteiger partial charge < -0.3 is 19.7 Å². The Bertz CT molecular complexity index is 963. The van der Waals surface area contributed by atoms with Crippen molar-refractivity contribution in [2.45, 2.75) is 44.2 Å². The molecule has 154 valence electrons. The smallest absolute Gasteiger partial charge is 0.337 e. The van der Waals surface area contributed by atoms with Crippen LogP contribution in [0.5, 0.6) is 0 Å². The summed E-state index contributed by atoms with van der Waals surface area (Å²) in [5.41, 5.74) is -0.350. The molecule has 29 heavy (non-hydrogen) atoms. The van der Waals surface area contributed by atoms with Crippen molar-refractivity contribution < 1.29 is 15.0 Å². The first-order valence-corrected chi connectivity index (χ1v) is 10.3. The first-order valence-electron chi connectivity index (χ1n) is 10.3. The zero-order valence-corrected chi connectivity index (χ0v) is 16.8. The minimum Gasteiger partial charge on any atom is -0.478 e. The van der Waals surface area contributed by atoms with Crippen molar-refractivity contribution in [3.8, 4) is 11.1 Å². The number of carboxylic acid groups (broad SMARTS) is 1. The van der Waals surface area contributed by atoms with E-state index in [1.807, 2.05) is 18.2 Å². The SMILES string of the molecule is CN1CCC(O)(Cn2cc(C(=O)O)c(-c3ccccc3)cc2=O)C2(CCCC2)C1. The quantitative estimate of drug-likeness (QED) is 0.830. The number of hydrogen-bond acceptors (Lipinski definition) is 4. The topological polar surface area (TPSA) is 82.8 Å². The van der Waals surface area contributed by atoms with Gasteiger partial charge in [0.1, 0.15) is 0 Å². The Morgan fingerprint density at radius 1 is 1.14 bits per heavy atom. The summed E-state index contributed by atoms with van der Waals surface area (Å²) in [6.45, 7) is 1.71. The van der Waals surface area contributed by atoms with E-state index in [0.717, 1.165) is 38.8 Å². The monoisotopic (exact) mass is 396 g/mol. The number of aromatic nitrogens is 1. The number of pyridine rings is 1. The molecule has 1 unspecified atom stereocenters. The summed E-state index contributed by atoms with van der Waals surface area (Å²) >= 11 is 0. The van der Waals surface area contributed by atoms with Gasteiger partial charge in [0.2, 0.25) is 0 Å². The Hall–Kier alpha value is -2.44. The molecular formula is C23H28N2O4. The summed E-state index contributed by atoms with van der Waals surface area (Å²) in [6, 6.07) is 10.5. The van der Waals surface area contributed by atoms with Crippen molar-refractivity contribution in [2.24, 2.45) is 5.41 Å². The van der Waals surface area contributed by atoms with Crippen molar-refractivity contribution in [1.29, 1.82) is 0 Å². The maximum atomic E-state index is 12.9. The van der Waals surface area contributed by atoms with Gasteiger partial charge in [-0.2, -0.15) is 0 Å². The second-order valence-electron chi connectivity index (χ2n) is 8.74. The summed E-state index contributed by atoms with van der Waals surface area (Å²) in [6.07, 6.45) is 6.04. The van der Waals surface area contributed by atoms with Crippen LogP contribution in [-0.2, 0) is 6.54 Å². The number of aromatic carboxylic acids is 1. The zero-order valence-electron chi connectivity index (χ0n) is 16.8. The van der Waals surface area contributed by atoms with Crippen molar-refractivity contribution in [3.05, 3.63) is 58.5 Å². The van der Waals surface area contributed by atoms with E-state index in [1.165, 1.54) is 16.8 Å². The molecule has 6 heteroatoms. The minimum absolute atomic E-state index is 0.0767. The van der Waals surface area contributed by atoms with E-state index in [-0.39, 0.29) is 23.1 Å². The van der Waals surface area contributed by atoms with Gasteiger partial charge in [0.15, 0.2) is 0 Å². The lowest BCUT2D eigenvalue weighted by Crippen LogP contribution is -2.60. The predicted octanol–water partition coefficient (Wildman–Crippen LogP) is 2.84. The number of piperidine rings is 1. The maximum Gasteiger partial charge on any atom is 0.337 e. The van der Waals surface area contributed by atoms with E-state index in [0.29, 0.717) is 17.5 Å². The van der Waals surface area contributed by atoms with Crippen LogP contribution in [0.3, 0.4) is 0 Å². The molecule has 1 aromatic carbocycles. The number of carbonyl (C=O) groups is 1. The molecular weight excluding hydrogens is 368 g/mol. The van der Waals surface area contributed by atoms with Gasteiger partial charge in [0, 0.05) is 36.3 Å². The second kappa shape index (κ2) is 7.43. The second-order valence-corrected chi connectivity index (χ2v) is 8.74. The molecule has 1 saturated heterocycles. The van der Waals surface area contributed by atoms with Crippen LogP contribution in [0, 0.1) is 5.41 Å². The number of hydrogen-bond donors (Lipinski definition) is 2. The summed E-state index contributed by atoms with van der Waals surface area (Å²) in [7, 11) is 2.07. The summed E-state index contributed by atoms with van der Waals surface area (Å²) in [5, 5.41) is 21.5. The predicted molar refractivity (Wildman–Crippen MR) is 111 cm³/mol. The minimum atomic E-state index is -1.08. The molecule has 1 aliphatic heterocycles. The fourth-order valence-electron chi connectivity index (χ4n) is 5.31. The van der Waals surface area contributed by atoms with Crippen LogP contribution >= 0.6 is 0 Å². The van der Waals surface area contributed by atoms with Crippen molar-refractivity contribution in [1.82, 2.24) is 9.47 Å². The first-order chi connectivity index (χ1) is 13.8. The highest BCUT2D eigenvalue weighted by atomic mass is 16.4. The number of benzene rings is 1. The summed E-state index contributed by atoms with van der Waals surface area (Å²) < 4.78 is 1.40. The lowest BCUT2D eigenvalue weighted by atomic mass is 9.66. The van der Waals surface area contributed by atoms with Gasteiger partial charge in [-0.15, -0.1) is 0 Å². The van der Waals surface area contributed by atoms with E-state index in [2.05, 4.69) is 11.9 Å². The van der Waals surface area contributed by atoms with Crippen LogP contribution in [0.4, 0.5) is 0 Å². The molecule has 1 atom stereocenters. The van der Waals surface area contributed by atoms with Crippen molar-refractivity contribution in [3.63, 3.8) is 0 Å². The normalized spacial score (nSPS) is 24.1. The Labute approximate surface area is 170 Å². The number of aliphatic hydroxyl groups is 1. The number of likely N-dealkylation sites (tertiary alicyclic amines) is 1. The molecule has 1 aliphatic carbocycles. The Morgan fingerprint density at radius 3 is 2.48 bits per heavy atom. The van der Waals surface area contributed by atoms with Crippen LogP contribution in [0.1, 0.15) is 42.5 Å². The lowest BCUT2D eigenvalue weighted by molar-refractivity contribution is -0.139. The lowest BCUT2D eigenvalue weighted by Gasteiger charge is -2.51. The van der Waals surface area contributed by atoms with Gasteiger partial charge in [-0.25, -0.2) is 4.79 Å². The Balaban J connectivity index is 1.75. The maximum absolute atomic E-state index is 12.9. The summed E-state index contributed by atoms with van der Waals surface area (Å²) in [4.78, 5) is 27.1. The van der Waals surface area contributed by atoms with Gasteiger partial charge in [-0.05, 0) is 31.9 Å². The van der Waals surface area contributed by atoms with E-state index in [9.17, 15) is 19.8 Å². The molecule has 6 nitrogen and oxygen atoms in total. The molecule has 2 heterocycles.